The van der Waals surface area contributed by atoms with Crippen LogP contribution < -0.4 is 0 Å². The first-order valence-corrected chi connectivity index (χ1v) is 8.77. The lowest BCUT2D eigenvalue weighted by Gasteiger charge is -2.31. The highest BCUT2D eigenvalue weighted by atomic mass is 16.5. The summed E-state index contributed by atoms with van der Waals surface area (Å²) in [5, 5.41) is 10.0. The first kappa shape index (κ1) is 14.0. The Labute approximate surface area is 140 Å². The number of hydrogen-bond donors (Lipinski definition) is 1. The van der Waals surface area contributed by atoms with Crippen molar-refractivity contribution >= 4 is 6.21 Å². The Morgan fingerprint density at radius 3 is 2.88 bits per heavy atom. The van der Waals surface area contributed by atoms with Crippen molar-refractivity contribution in [2.45, 2.75) is 25.7 Å². The van der Waals surface area contributed by atoms with Gasteiger partial charge in [-0.3, -0.25) is 4.99 Å². The van der Waals surface area contributed by atoms with Gasteiger partial charge >= 0.3 is 5.95 Å². The van der Waals surface area contributed by atoms with Crippen LogP contribution in [0.3, 0.4) is 0 Å². The molecule has 0 aliphatic heterocycles. The van der Waals surface area contributed by atoms with Gasteiger partial charge in [0.1, 0.15) is 0 Å². The van der Waals surface area contributed by atoms with Crippen molar-refractivity contribution in [3.05, 3.63) is 47.8 Å². The van der Waals surface area contributed by atoms with Gasteiger partial charge in [-0.25, -0.2) is 4.98 Å². The summed E-state index contributed by atoms with van der Waals surface area (Å²) in [7, 11) is 0. The highest BCUT2D eigenvalue weighted by Crippen LogP contribution is 2.54. The second-order valence-corrected chi connectivity index (χ2v) is 7.36. The maximum Gasteiger partial charge on any atom is 0.312 e. The number of fused-ring (bicyclic) bond motifs is 2. The average molecular weight is 320 g/mol. The summed E-state index contributed by atoms with van der Waals surface area (Å²) >= 11 is 0. The number of allylic oxidation sites excluding steroid dienone is 2. The lowest BCUT2D eigenvalue weighted by molar-refractivity contribution is 0.270. The molecule has 4 atom stereocenters. The van der Waals surface area contributed by atoms with Crippen LogP contribution in [0.4, 0.5) is 0 Å². The van der Waals surface area contributed by atoms with Crippen LogP contribution in [0, 0.1) is 23.7 Å². The van der Waals surface area contributed by atoms with E-state index in [0.29, 0.717) is 23.4 Å². The van der Waals surface area contributed by atoms with E-state index in [0.717, 1.165) is 17.4 Å². The molecule has 1 aromatic heterocycles. The first-order chi connectivity index (χ1) is 11.8. The standard InChI is InChI=1S/C20H20N2O2/c23-20-18(22-19(24-20)14-4-2-1-3-5-14)11-21-17-10-13-6-12-7-15(8-13)16(17)9-12/h1-5,10-13,15-16,23H,6-9H2. The molecule has 3 aliphatic rings. The Morgan fingerprint density at radius 1 is 1.12 bits per heavy atom. The van der Waals surface area contributed by atoms with Crippen LogP contribution in [0.2, 0.25) is 0 Å². The third-order valence-electron chi connectivity index (χ3n) is 5.81. The Morgan fingerprint density at radius 2 is 2.00 bits per heavy atom. The molecule has 3 bridgehead atoms. The van der Waals surface area contributed by atoms with Gasteiger partial charge < -0.3 is 9.52 Å². The van der Waals surface area contributed by atoms with Crippen molar-refractivity contribution in [2.75, 3.05) is 0 Å². The predicted molar refractivity (Wildman–Crippen MR) is 91.7 cm³/mol. The van der Waals surface area contributed by atoms with E-state index in [2.05, 4.69) is 11.1 Å². The fraction of sp³-hybridized carbons (Fsp3) is 0.400. The van der Waals surface area contributed by atoms with Gasteiger partial charge in [0.25, 0.3) is 0 Å². The monoisotopic (exact) mass is 320 g/mol. The number of aromatic nitrogens is 1. The molecule has 2 fully saturated rings. The minimum atomic E-state index is -0.165. The molecule has 0 spiro atoms. The maximum atomic E-state index is 10.0. The second kappa shape index (κ2) is 5.33. The van der Waals surface area contributed by atoms with Crippen LogP contribution in [0.1, 0.15) is 31.4 Å². The maximum absolute atomic E-state index is 10.0. The lowest BCUT2D eigenvalue weighted by Crippen LogP contribution is -2.21. The molecule has 1 aromatic carbocycles. The Balaban J connectivity index is 1.42. The van der Waals surface area contributed by atoms with Gasteiger partial charge in [-0.2, -0.15) is 0 Å². The van der Waals surface area contributed by atoms with Crippen LogP contribution in [0.15, 0.2) is 51.5 Å². The zero-order chi connectivity index (χ0) is 16.1. The summed E-state index contributed by atoms with van der Waals surface area (Å²) in [4.78, 5) is 9.08. The van der Waals surface area contributed by atoms with E-state index in [1.54, 1.807) is 6.21 Å². The summed E-state index contributed by atoms with van der Waals surface area (Å²) in [6.45, 7) is 0. The molecule has 0 amide bonds. The highest BCUT2D eigenvalue weighted by Gasteiger charge is 2.45. The lowest BCUT2D eigenvalue weighted by atomic mass is 9.75. The fourth-order valence-electron chi connectivity index (χ4n) is 4.86. The van der Waals surface area contributed by atoms with Gasteiger partial charge in [0.15, 0.2) is 5.69 Å². The molecule has 122 valence electrons. The normalized spacial score (nSPS) is 30.9. The van der Waals surface area contributed by atoms with Crippen molar-refractivity contribution in [3.8, 4) is 17.4 Å². The number of aliphatic imine (C=N–C) groups is 1. The summed E-state index contributed by atoms with van der Waals surface area (Å²) in [6, 6.07) is 9.60. The van der Waals surface area contributed by atoms with Gasteiger partial charge in [-0.1, -0.05) is 24.3 Å². The molecule has 2 saturated carbocycles. The topological polar surface area (TPSA) is 58.6 Å². The summed E-state index contributed by atoms with van der Waals surface area (Å²) in [6.07, 6.45) is 9.35. The molecule has 5 rings (SSSR count). The van der Waals surface area contributed by atoms with E-state index < -0.39 is 0 Å². The Hall–Kier alpha value is -2.36. The van der Waals surface area contributed by atoms with E-state index in [4.69, 9.17) is 9.41 Å². The summed E-state index contributed by atoms with van der Waals surface area (Å²) in [5.74, 6) is 3.28. The van der Waals surface area contributed by atoms with Gasteiger partial charge in [0.2, 0.25) is 5.89 Å². The largest absolute Gasteiger partial charge is 0.479 e. The third kappa shape index (κ3) is 2.29. The molecule has 2 aromatic rings. The number of hydrogen-bond acceptors (Lipinski definition) is 4. The molecule has 3 aliphatic carbocycles. The van der Waals surface area contributed by atoms with Crippen molar-refractivity contribution in [1.29, 1.82) is 0 Å². The molecule has 4 nitrogen and oxygen atoms in total. The molecular weight excluding hydrogens is 300 g/mol. The van der Waals surface area contributed by atoms with E-state index >= 15 is 0 Å². The molecule has 4 unspecified atom stereocenters. The van der Waals surface area contributed by atoms with Gasteiger partial charge in [0, 0.05) is 17.2 Å². The highest BCUT2D eigenvalue weighted by molar-refractivity contribution is 5.81. The number of nitrogens with zero attached hydrogens (tertiary/aromatic N) is 2. The number of benzene rings is 1. The third-order valence-corrected chi connectivity index (χ3v) is 5.81. The second-order valence-electron chi connectivity index (χ2n) is 7.36. The number of aromatic hydroxyl groups is 1. The molecular formula is C20H20N2O2. The first-order valence-electron chi connectivity index (χ1n) is 8.77. The molecule has 1 N–H and O–H groups in total. The SMILES string of the molecule is Oc1oc(-c2ccccc2)nc1C=NC1=CC2CC3CC(C2)C1C3. The van der Waals surface area contributed by atoms with Gasteiger partial charge in [0.05, 0.1) is 6.21 Å². The molecule has 4 heteroatoms. The van der Waals surface area contributed by atoms with Crippen molar-refractivity contribution in [3.63, 3.8) is 0 Å². The summed E-state index contributed by atoms with van der Waals surface area (Å²) < 4.78 is 5.39. The van der Waals surface area contributed by atoms with Crippen LogP contribution in [-0.2, 0) is 0 Å². The Bertz CT molecular complexity index is 819. The Kier molecular flexibility index (Phi) is 3.12. The van der Waals surface area contributed by atoms with Crippen molar-refractivity contribution in [1.82, 2.24) is 4.98 Å². The van der Waals surface area contributed by atoms with E-state index in [1.807, 2.05) is 30.3 Å². The average Bonchev–Trinajstić information content (AvgIpc) is 3.07. The van der Waals surface area contributed by atoms with Crippen molar-refractivity contribution in [2.24, 2.45) is 28.7 Å². The fourth-order valence-corrected chi connectivity index (χ4v) is 4.86. The molecule has 0 radical (unpaired) electrons. The molecule has 1 heterocycles. The predicted octanol–water partition coefficient (Wildman–Crippen LogP) is 4.42. The number of oxazole rings is 1. The molecule has 24 heavy (non-hydrogen) atoms. The van der Waals surface area contributed by atoms with Crippen LogP contribution >= 0.6 is 0 Å². The van der Waals surface area contributed by atoms with Gasteiger partial charge in [-0.05, 0) is 55.6 Å². The zero-order valence-electron chi connectivity index (χ0n) is 13.4. The summed E-state index contributed by atoms with van der Waals surface area (Å²) in [5.41, 5.74) is 2.45. The van der Waals surface area contributed by atoms with Crippen molar-refractivity contribution < 1.29 is 9.52 Å². The van der Waals surface area contributed by atoms with E-state index in [1.165, 1.54) is 31.4 Å². The van der Waals surface area contributed by atoms with Crippen LogP contribution in [-0.4, -0.2) is 16.3 Å². The quantitative estimate of drug-likeness (QED) is 0.852. The van der Waals surface area contributed by atoms with E-state index in [9.17, 15) is 5.11 Å². The molecule has 0 saturated heterocycles. The van der Waals surface area contributed by atoms with Gasteiger partial charge in [-0.15, -0.1) is 0 Å². The van der Waals surface area contributed by atoms with Crippen LogP contribution in [0.5, 0.6) is 5.95 Å². The minimum absolute atomic E-state index is 0.165. The van der Waals surface area contributed by atoms with Crippen LogP contribution in [0.25, 0.3) is 11.5 Å². The smallest absolute Gasteiger partial charge is 0.312 e. The van der Waals surface area contributed by atoms with E-state index in [-0.39, 0.29) is 5.95 Å². The minimum Gasteiger partial charge on any atom is -0.479 e. The number of rotatable bonds is 3. The zero-order valence-corrected chi connectivity index (χ0v) is 13.4.